The Bertz CT molecular complexity index is 617. The highest BCUT2D eigenvalue weighted by molar-refractivity contribution is 5.80. The lowest BCUT2D eigenvalue weighted by atomic mass is 10.1. The molecular formula is C17H16O3. The molecule has 0 amide bonds. The Morgan fingerprint density at radius 2 is 1.95 bits per heavy atom. The summed E-state index contributed by atoms with van der Waals surface area (Å²) >= 11 is 0. The number of aldehydes is 1. The zero-order valence-electron chi connectivity index (χ0n) is 11.3. The third-order valence-corrected chi connectivity index (χ3v) is 3.00. The fourth-order valence-corrected chi connectivity index (χ4v) is 1.90. The van der Waals surface area contributed by atoms with Crippen LogP contribution in [0.2, 0.25) is 0 Å². The van der Waals surface area contributed by atoms with Gasteiger partial charge in [0, 0.05) is 0 Å². The average molecular weight is 268 g/mol. The second-order valence-electron chi connectivity index (χ2n) is 4.21. The van der Waals surface area contributed by atoms with Gasteiger partial charge in [-0.1, -0.05) is 36.9 Å². The van der Waals surface area contributed by atoms with Gasteiger partial charge in [-0.2, -0.15) is 0 Å². The number of rotatable bonds is 6. The SMILES string of the molecule is C=Cc1ccccc1COc1ccc(OC)cc1C=O. The minimum absolute atomic E-state index is 0.384. The van der Waals surface area contributed by atoms with Crippen molar-refractivity contribution in [1.82, 2.24) is 0 Å². The highest BCUT2D eigenvalue weighted by Gasteiger charge is 2.06. The van der Waals surface area contributed by atoms with Crippen molar-refractivity contribution < 1.29 is 14.3 Å². The monoisotopic (exact) mass is 268 g/mol. The Hall–Kier alpha value is -2.55. The third-order valence-electron chi connectivity index (χ3n) is 3.00. The van der Waals surface area contributed by atoms with E-state index < -0.39 is 0 Å². The van der Waals surface area contributed by atoms with Gasteiger partial charge in [0.05, 0.1) is 12.7 Å². The molecule has 0 saturated heterocycles. The summed E-state index contributed by atoms with van der Waals surface area (Å²) in [5.41, 5.74) is 2.52. The van der Waals surface area contributed by atoms with Crippen molar-refractivity contribution in [3.63, 3.8) is 0 Å². The van der Waals surface area contributed by atoms with Gasteiger partial charge in [-0.05, 0) is 29.3 Å². The van der Waals surface area contributed by atoms with Gasteiger partial charge in [0.1, 0.15) is 18.1 Å². The van der Waals surface area contributed by atoms with Gasteiger partial charge in [-0.15, -0.1) is 0 Å². The van der Waals surface area contributed by atoms with Crippen LogP contribution in [0.1, 0.15) is 21.5 Å². The second kappa shape index (κ2) is 6.57. The molecule has 0 aromatic heterocycles. The summed E-state index contributed by atoms with van der Waals surface area (Å²) in [6.45, 7) is 4.16. The Labute approximate surface area is 118 Å². The van der Waals surface area contributed by atoms with Gasteiger partial charge in [0.15, 0.2) is 6.29 Å². The molecule has 0 heterocycles. The molecular weight excluding hydrogens is 252 g/mol. The van der Waals surface area contributed by atoms with E-state index in [4.69, 9.17) is 9.47 Å². The second-order valence-corrected chi connectivity index (χ2v) is 4.21. The smallest absolute Gasteiger partial charge is 0.153 e. The lowest BCUT2D eigenvalue weighted by Crippen LogP contribution is -2.00. The van der Waals surface area contributed by atoms with E-state index in [9.17, 15) is 4.79 Å². The first-order chi connectivity index (χ1) is 9.78. The molecule has 0 fully saturated rings. The van der Waals surface area contributed by atoms with Crippen LogP contribution in [0.15, 0.2) is 49.0 Å². The number of hydrogen-bond acceptors (Lipinski definition) is 3. The summed E-state index contributed by atoms with van der Waals surface area (Å²) in [6, 6.07) is 13.0. The standard InChI is InChI=1S/C17H16O3/c1-3-13-6-4-5-7-14(13)12-20-17-9-8-16(19-2)10-15(17)11-18/h3-11H,1,12H2,2H3. The van der Waals surface area contributed by atoms with Crippen molar-refractivity contribution in [3.05, 3.63) is 65.7 Å². The predicted octanol–water partition coefficient (Wildman–Crippen LogP) is 3.73. The van der Waals surface area contributed by atoms with E-state index in [-0.39, 0.29) is 0 Å². The molecule has 0 aliphatic heterocycles. The highest BCUT2D eigenvalue weighted by Crippen LogP contribution is 2.24. The molecule has 0 N–H and O–H groups in total. The van der Waals surface area contributed by atoms with Crippen LogP contribution in [0.25, 0.3) is 6.08 Å². The van der Waals surface area contributed by atoms with Crippen molar-refractivity contribution in [2.24, 2.45) is 0 Å². The fourth-order valence-electron chi connectivity index (χ4n) is 1.90. The van der Waals surface area contributed by atoms with Crippen LogP contribution in [-0.4, -0.2) is 13.4 Å². The van der Waals surface area contributed by atoms with Crippen molar-refractivity contribution in [3.8, 4) is 11.5 Å². The first kappa shape index (κ1) is 13.9. The minimum Gasteiger partial charge on any atom is -0.497 e. The first-order valence-corrected chi connectivity index (χ1v) is 6.25. The Kier molecular flexibility index (Phi) is 4.56. The van der Waals surface area contributed by atoms with Crippen molar-refractivity contribution in [2.75, 3.05) is 7.11 Å². The molecule has 3 nitrogen and oxygen atoms in total. The maximum atomic E-state index is 11.1. The maximum Gasteiger partial charge on any atom is 0.153 e. The lowest BCUT2D eigenvalue weighted by molar-refractivity contribution is 0.111. The molecule has 0 atom stereocenters. The molecule has 3 heteroatoms. The zero-order chi connectivity index (χ0) is 14.4. The van der Waals surface area contributed by atoms with E-state index in [2.05, 4.69) is 6.58 Å². The fraction of sp³-hybridized carbons (Fsp3) is 0.118. The topological polar surface area (TPSA) is 35.5 Å². The van der Waals surface area contributed by atoms with Gasteiger partial charge >= 0.3 is 0 Å². The number of carbonyl (C=O) groups excluding carboxylic acids is 1. The summed E-state index contributed by atoms with van der Waals surface area (Å²) in [5, 5.41) is 0. The molecule has 0 unspecified atom stereocenters. The van der Waals surface area contributed by atoms with Crippen LogP contribution in [0.3, 0.4) is 0 Å². The number of benzene rings is 2. The molecule has 2 rings (SSSR count). The maximum absolute atomic E-state index is 11.1. The average Bonchev–Trinajstić information content (AvgIpc) is 2.52. The van der Waals surface area contributed by atoms with E-state index in [1.54, 1.807) is 31.4 Å². The molecule has 102 valence electrons. The van der Waals surface area contributed by atoms with Crippen LogP contribution in [0.4, 0.5) is 0 Å². The van der Waals surface area contributed by atoms with E-state index >= 15 is 0 Å². The number of carbonyl (C=O) groups is 1. The Balaban J connectivity index is 2.18. The molecule has 2 aromatic rings. The Morgan fingerprint density at radius 3 is 2.65 bits per heavy atom. The first-order valence-electron chi connectivity index (χ1n) is 6.25. The molecule has 0 spiro atoms. The van der Waals surface area contributed by atoms with Gasteiger partial charge in [-0.25, -0.2) is 0 Å². The van der Waals surface area contributed by atoms with Gasteiger partial charge < -0.3 is 9.47 Å². The van der Waals surface area contributed by atoms with E-state index in [1.807, 2.05) is 24.3 Å². The molecule has 20 heavy (non-hydrogen) atoms. The molecule has 0 bridgehead atoms. The normalized spacial score (nSPS) is 9.85. The molecule has 0 radical (unpaired) electrons. The van der Waals surface area contributed by atoms with Crippen molar-refractivity contribution in [1.29, 1.82) is 0 Å². The molecule has 0 saturated carbocycles. The van der Waals surface area contributed by atoms with E-state index in [1.165, 1.54) is 0 Å². The number of hydrogen-bond donors (Lipinski definition) is 0. The van der Waals surface area contributed by atoms with Crippen molar-refractivity contribution >= 4 is 12.4 Å². The zero-order valence-corrected chi connectivity index (χ0v) is 11.3. The van der Waals surface area contributed by atoms with Crippen molar-refractivity contribution in [2.45, 2.75) is 6.61 Å². The molecule has 0 aliphatic carbocycles. The van der Waals surface area contributed by atoms with Crippen LogP contribution >= 0.6 is 0 Å². The van der Waals surface area contributed by atoms with Crippen LogP contribution in [0, 0.1) is 0 Å². The summed E-state index contributed by atoms with van der Waals surface area (Å²) in [5.74, 6) is 1.17. The number of ether oxygens (including phenoxy) is 2. The largest absolute Gasteiger partial charge is 0.497 e. The van der Waals surface area contributed by atoms with Crippen LogP contribution < -0.4 is 9.47 Å². The van der Waals surface area contributed by atoms with Gasteiger partial charge in [-0.3, -0.25) is 4.79 Å². The van der Waals surface area contributed by atoms with Crippen LogP contribution in [0.5, 0.6) is 11.5 Å². The quantitative estimate of drug-likeness (QED) is 0.749. The lowest BCUT2D eigenvalue weighted by Gasteiger charge is -2.11. The van der Waals surface area contributed by atoms with Gasteiger partial charge in [0.25, 0.3) is 0 Å². The van der Waals surface area contributed by atoms with E-state index in [0.717, 1.165) is 17.4 Å². The summed E-state index contributed by atoms with van der Waals surface area (Å²) < 4.78 is 10.8. The predicted molar refractivity (Wildman–Crippen MR) is 79.2 cm³/mol. The highest BCUT2D eigenvalue weighted by atomic mass is 16.5. The third kappa shape index (κ3) is 3.06. The van der Waals surface area contributed by atoms with Gasteiger partial charge in [0.2, 0.25) is 0 Å². The van der Waals surface area contributed by atoms with Crippen LogP contribution in [-0.2, 0) is 6.61 Å². The number of methoxy groups -OCH3 is 1. The summed E-state index contributed by atoms with van der Waals surface area (Å²) in [4.78, 5) is 11.1. The molecule has 0 aliphatic rings. The minimum atomic E-state index is 0.384. The summed E-state index contributed by atoms with van der Waals surface area (Å²) in [7, 11) is 1.56. The van der Waals surface area contributed by atoms with E-state index in [0.29, 0.717) is 23.7 Å². The Morgan fingerprint density at radius 1 is 1.15 bits per heavy atom. The molecule has 2 aromatic carbocycles. The summed E-state index contributed by atoms with van der Waals surface area (Å²) in [6.07, 6.45) is 2.55.